The molecule has 3 amide bonds. The van der Waals surface area contributed by atoms with E-state index in [0.29, 0.717) is 17.0 Å². The van der Waals surface area contributed by atoms with Crippen LogP contribution in [0.5, 0.6) is 0 Å². The summed E-state index contributed by atoms with van der Waals surface area (Å²) in [5.41, 5.74) is 1.71. The molecule has 1 heterocycles. The number of benzene rings is 4. The molecular weight excluding hydrogens is 626 g/mol. The van der Waals surface area contributed by atoms with E-state index in [2.05, 4.69) is 16.0 Å². The zero-order valence-corrected chi connectivity index (χ0v) is 25.5. The first-order valence-electron chi connectivity index (χ1n) is 13.8. The first-order valence-corrected chi connectivity index (χ1v) is 15.1. The van der Waals surface area contributed by atoms with Gasteiger partial charge in [0.05, 0.1) is 22.5 Å². The normalized spacial score (nSPS) is 11.7. The summed E-state index contributed by atoms with van der Waals surface area (Å²) in [6.07, 6.45) is 2.89. The molecule has 46 heavy (non-hydrogen) atoms. The highest BCUT2D eigenvalue weighted by molar-refractivity contribution is 8.00. The summed E-state index contributed by atoms with van der Waals surface area (Å²) in [7, 11) is 0. The average molecular weight is 652 g/mol. The van der Waals surface area contributed by atoms with E-state index in [0.717, 1.165) is 10.5 Å². The van der Waals surface area contributed by atoms with Crippen molar-refractivity contribution in [3.63, 3.8) is 0 Å². The monoisotopic (exact) mass is 651 g/mol. The number of hydrogen-bond acceptors (Lipinski definition) is 6. The van der Waals surface area contributed by atoms with Crippen molar-refractivity contribution in [3.05, 3.63) is 155 Å². The van der Waals surface area contributed by atoms with E-state index in [1.807, 2.05) is 30.3 Å². The van der Waals surface area contributed by atoms with Crippen LogP contribution in [0.3, 0.4) is 0 Å². The molecule has 0 saturated carbocycles. The number of furan rings is 1. The fourth-order valence-electron chi connectivity index (χ4n) is 4.26. The molecule has 1 atom stereocenters. The van der Waals surface area contributed by atoms with Crippen LogP contribution < -0.4 is 16.0 Å². The van der Waals surface area contributed by atoms with Gasteiger partial charge >= 0.3 is 5.97 Å². The maximum atomic E-state index is 13.5. The lowest BCUT2D eigenvalue weighted by Gasteiger charge is -2.18. The van der Waals surface area contributed by atoms with Crippen molar-refractivity contribution in [1.82, 2.24) is 5.32 Å². The molecule has 11 heteroatoms. The first kappa shape index (κ1) is 31.8. The molecule has 4 aromatic carbocycles. The van der Waals surface area contributed by atoms with Gasteiger partial charge in [-0.25, -0.2) is 4.79 Å². The molecule has 0 radical (unpaired) electrons. The Labute approximate surface area is 273 Å². The number of hydrogen-bond donors (Lipinski definition) is 4. The van der Waals surface area contributed by atoms with Gasteiger partial charge in [0.1, 0.15) is 16.7 Å². The molecule has 5 aromatic rings. The highest BCUT2D eigenvalue weighted by Gasteiger charge is 2.24. The van der Waals surface area contributed by atoms with Gasteiger partial charge in [-0.2, -0.15) is 0 Å². The summed E-state index contributed by atoms with van der Waals surface area (Å²) in [6.45, 7) is 0. The third kappa shape index (κ3) is 8.32. The number of carboxylic acids is 1. The van der Waals surface area contributed by atoms with Crippen LogP contribution in [0, 0.1) is 0 Å². The van der Waals surface area contributed by atoms with Gasteiger partial charge in [-0.05, 0) is 72.3 Å². The minimum atomic E-state index is -1.14. The molecule has 0 fully saturated rings. The smallest absolute Gasteiger partial charge is 0.335 e. The van der Waals surface area contributed by atoms with Crippen LogP contribution in [0.2, 0.25) is 5.02 Å². The summed E-state index contributed by atoms with van der Waals surface area (Å²) < 4.78 is 5.34. The van der Waals surface area contributed by atoms with Crippen LogP contribution in [-0.2, 0) is 9.59 Å². The van der Waals surface area contributed by atoms with Crippen LogP contribution in [0.1, 0.15) is 37.3 Å². The number of aromatic carboxylic acids is 1. The number of carbonyl (C=O) groups is 4. The summed E-state index contributed by atoms with van der Waals surface area (Å²) in [5.74, 6) is -2.19. The molecule has 0 saturated heterocycles. The molecule has 0 aliphatic heterocycles. The lowest BCUT2D eigenvalue weighted by molar-refractivity contribution is -0.116. The first-order chi connectivity index (χ1) is 22.3. The molecule has 0 spiro atoms. The van der Waals surface area contributed by atoms with Gasteiger partial charge in [-0.3, -0.25) is 14.4 Å². The van der Waals surface area contributed by atoms with Crippen molar-refractivity contribution < 1.29 is 28.7 Å². The fraction of sp³-hybridized carbons (Fsp3) is 0.0286. The molecule has 4 N–H and O–H groups in total. The molecule has 0 aliphatic rings. The minimum Gasteiger partial charge on any atom is -0.478 e. The number of rotatable bonds is 11. The van der Waals surface area contributed by atoms with Crippen LogP contribution >= 0.6 is 23.4 Å². The van der Waals surface area contributed by atoms with Crippen LogP contribution in [-0.4, -0.2) is 28.8 Å². The van der Waals surface area contributed by atoms with Crippen molar-refractivity contribution >= 4 is 64.5 Å². The maximum absolute atomic E-state index is 13.5. The Morgan fingerprint density at radius 1 is 0.783 bits per heavy atom. The molecular formula is C35H26ClN3O6S. The van der Waals surface area contributed by atoms with Crippen molar-refractivity contribution in [3.8, 4) is 0 Å². The Bertz CT molecular complexity index is 1880. The van der Waals surface area contributed by atoms with E-state index >= 15 is 0 Å². The number of thioether (sulfide) groups is 1. The molecule has 0 bridgehead atoms. The second-order valence-electron chi connectivity index (χ2n) is 9.77. The molecule has 230 valence electrons. The average Bonchev–Trinajstić information content (AvgIpc) is 3.59. The number of halogens is 1. The second kappa shape index (κ2) is 14.9. The van der Waals surface area contributed by atoms with Gasteiger partial charge in [0.2, 0.25) is 5.91 Å². The molecule has 0 aliphatic carbocycles. The summed E-state index contributed by atoms with van der Waals surface area (Å²) >= 11 is 7.52. The van der Waals surface area contributed by atoms with E-state index in [-0.39, 0.29) is 22.0 Å². The van der Waals surface area contributed by atoms with Gasteiger partial charge in [-0.1, -0.05) is 60.1 Å². The summed E-state index contributed by atoms with van der Waals surface area (Å²) in [4.78, 5) is 51.8. The number of carbonyl (C=O) groups excluding carboxylic acids is 3. The standard InChI is InChI=1S/C35H26ClN3O6S/c36-28-18-13-24(35(43)44)20-29(28)38-34(42)31(22-8-3-1-4-9-22)46-27-16-14-25(15-17-27)37-33(41)30(21-26-12-7-19-45-26)39-32(40)23-10-5-2-6-11-23/h1-21,31H,(H,37,41)(H,38,42)(H,39,40)(H,43,44)/b30-21-. The lowest BCUT2D eigenvalue weighted by atomic mass is 10.1. The Morgan fingerprint density at radius 3 is 2.13 bits per heavy atom. The number of amides is 3. The Hall–Kier alpha value is -5.58. The van der Waals surface area contributed by atoms with Crippen molar-refractivity contribution in [1.29, 1.82) is 0 Å². The second-order valence-corrected chi connectivity index (χ2v) is 11.4. The number of carboxylic acid groups (broad SMARTS) is 1. The van der Waals surface area contributed by atoms with Crippen LogP contribution in [0.15, 0.2) is 137 Å². The van der Waals surface area contributed by atoms with Crippen molar-refractivity contribution in [2.75, 3.05) is 10.6 Å². The van der Waals surface area contributed by atoms with E-state index in [4.69, 9.17) is 16.0 Å². The van der Waals surface area contributed by atoms with Crippen LogP contribution in [0.4, 0.5) is 11.4 Å². The SMILES string of the molecule is O=C(Nc1ccc(SC(C(=O)Nc2cc(C(=O)O)ccc2Cl)c2ccccc2)cc1)/C(=C/c1ccco1)NC(=O)c1ccccc1. The highest BCUT2D eigenvalue weighted by atomic mass is 35.5. The lowest BCUT2D eigenvalue weighted by Crippen LogP contribution is -2.30. The van der Waals surface area contributed by atoms with E-state index in [1.54, 1.807) is 66.7 Å². The maximum Gasteiger partial charge on any atom is 0.335 e. The number of anilines is 2. The van der Waals surface area contributed by atoms with Gasteiger partial charge < -0.3 is 25.5 Å². The van der Waals surface area contributed by atoms with Gasteiger partial charge in [0, 0.05) is 22.2 Å². The molecule has 1 unspecified atom stereocenters. The third-order valence-electron chi connectivity index (χ3n) is 6.54. The number of nitrogens with one attached hydrogen (secondary N) is 3. The zero-order valence-electron chi connectivity index (χ0n) is 24.0. The van der Waals surface area contributed by atoms with Gasteiger partial charge in [0.15, 0.2) is 0 Å². The fourth-order valence-corrected chi connectivity index (χ4v) is 5.45. The van der Waals surface area contributed by atoms with Crippen LogP contribution in [0.25, 0.3) is 6.08 Å². The van der Waals surface area contributed by atoms with Gasteiger partial charge in [0.25, 0.3) is 11.8 Å². The molecule has 1 aromatic heterocycles. The largest absolute Gasteiger partial charge is 0.478 e. The minimum absolute atomic E-state index is 0.0111. The quantitative estimate of drug-likeness (QED) is 0.0856. The zero-order chi connectivity index (χ0) is 32.5. The highest BCUT2D eigenvalue weighted by Crippen LogP contribution is 2.37. The van der Waals surface area contributed by atoms with E-state index in [1.165, 1.54) is 42.3 Å². The Kier molecular flexibility index (Phi) is 10.3. The van der Waals surface area contributed by atoms with E-state index < -0.39 is 28.9 Å². The summed E-state index contributed by atoms with van der Waals surface area (Å²) in [5, 5.41) is 17.0. The van der Waals surface area contributed by atoms with Gasteiger partial charge in [-0.15, -0.1) is 11.8 Å². The Balaban J connectivity index is 1.32. The summed E-state index contributed by atoms with van der Waals surface area (Å²) in [6, 6.07) is 31.9. The van der Waals surface area contributed by atoms with Crippen molar-refractivity contribution in [2.45, 2.75) is 10.1 Å². The Morgan fingerprint density at radius 2 is 1.48 bits per heavy atom. The predicted molar refractivity (Wildman–Crippen MR) is 178 cm³/mol. The van der Waals surface area contributed by atoms with Crippen molar-refractivity contribution in [2.24, 2.45) is 0 Å². The molecule has 9 nitrogen and oxygen atoms in total. The van der Waals surface area contributed by atoms with E-state index in [9.17, 15) is 24.3 Å². The molecule has 5 rings (SSSR count). The third-order valence-corrected chi connectivity index (χ3v) is 8.13. The topological polar surface area (TPSA) is 138 Å². The predicted octanol–water partition coefficient (Wildman–Crippen LogP) is 7.51.